The van der Waals surface area contributed by atoms with Crippen molar-refractivity contribution in [2.45, 2.75) is 38.3 Å². The topological polar surface area (TPSA) is 64.2 Å². The molecule has 1 fully saturated rings. The van der Waals surface area contributed by atoms with E-state index in [9.17, 15) is 4.79 Å². The number of nitrogens with two attached hydrogens (primary N) is 1. The van der Waals surface area contributed by atoms with Gasteiger partial charge in [0.2, 0.25) is 0 Å². The molecule has 2 N–H and O–H groups in total. The van der Waals surface area contributed by atoms with Crippen molar-refractivity contribution < 1.29 is 4.79 Å². The molecule has 1 saturated heterocycles. The molecule has 2 unspecified atom stereocenters. The molecule has 5 heteroatoms. The summed E-state index contributed by atoms with van der Waals surface area (Å²) in [7, 11) is 1.84. The van der Waals surface area contributed by atoms with Gasteiger partial charge in [-0.25, -0.2) is 4.98 Å². The second kappa shape index (κ2) is 4.87. The molecule has 1 aliphatic rings. The lowest BCUT2D eigenvalue weighted by Gasteiger charge is -2.37. The molecular weight excluding hydrogens is 216 g/mol. The van der Waals surface area contributed by atoms with Crippen LogP contribution in [-0.4, -0.2) is 39.0 Å². The molecule has 17 heavy (non-hydrogen) atoms. The molecule has 1 amide bonds. The lowest BCUT2D eigenvalue weighted by atomic mass is 9.97. The Balaban J connectivity index is 2.20. The lowest BCUT2D eigenvalue weighted by Crippen LogP contribution is -2.52. The summed E-state index contributed by atoms with van der Waals surface area (Å²) >= 11 is 0. The number of aryl methyl sites for hydroxylation is 1. The zero-order valence-corrected chi connectivity index (χ0v) is 10.5. The second-order valence-corrected chi connectivity index (χ2v) is 4.78. The highest BCUT2D eigenvalue weighted by Gasteiger charge is 2.31. The van der Waals surface area contributed by atoms with Gasteiger partial charge in [0.05, 0.1) is 0 Å². The number of likely N-dealkylation sites (tertiary alicyclic amines) is 1. The molecule has 1 aliphatic heterocycles. The summed E-state index contributed by atoms with van der Waals surface area (Å²) in [6, 6.07) is 0.160. The summed E-state index contributed by atoms with van der Waals surface area (Å²) in [6.45, 7) is 2.76. The van der Waals surface area contributed by atoms with Crippen LogP contribution >= 0.6 is 0 Å². The molecule has 0 bridgehead atoms. The standard InChI is InChI=1S/C12H20N4O/c1-9(13)10-5-3-4-7-16(10)12(17)11-14-6-8-15(11)2/h6,8-10H,3-5,7,13H2,1-2H3. The van der Waals surface area contributed by atoms with E-state index in [0.29, 0.717) is 5.82 Å². The fourth-order valence-corrected chi connectivity index (χ4v) is 2.46. The first-order valence-corrected chi connectivity index (χ1v) is 6.15. The minimum Gasteiger partial charge on any atom is -0.331 e. The van der Waals surface area contributed by atoms with E-state index < -0.39 is 0 Å². The van der Waals surface area contributed by atoms with Crippen LogP contribution < -0.4 is 5.73 Å². The summed E-state index contributed by atoms with van der Waals surface area (Å²) in [5.41, 5.74) is 5.97. The largest absolute Gasteiger partial charge is 0.331 e. The zero-order chi connectivity index (χ0) is 12.4. The Kier molecular flexibility index (Phi) is 3.47. The van der Waals surface area contributed by atoms with E-state index >= 15 is 0 Å². The van der Waals surface area contributed by atoms with Gasteiger partial charge in [0.1, 0.15) is 0 Å². The number of hydrogen-bond donors (Lipinski definition) is 1. The van der Waals surface area contributed by atoms with Crippen molar-refractivity contribution >= 4 is 5.91 Å². The molecule has 5 nitrogen and oxygen atoms in total. The van der Waals surface area contributed by atoms with Crippen LogP contribution in [0.5, 0.6) is 0 Å². The van der Waals surface area contributed by atoms with E-state index in [1.54, 1.807) is 17.0 Å². The Morgan fingerprint density at radius 3 is 2.94 bits per heavy atom. The van der Waals surface area contributed by atoms with Gasteiger partial charge in [-0.2, -0.15) is 0 Å². The van der Waals surface area contributed by atoms with E-state index in [1.807, 2.05) is 18.9 Å². The maximum atomic E-state index is 12.4. The van der Waals surface area contributed by atoms with E-state index in [1.165, 1.54) is 0 Å². The van der Waals surface area contributed by atoms with Gasteiger partial charge in [-0.15, -0.1) is 0 Å². The average Bonchev–Trinajstić information content (AvgIpc) is 2.74. The van der Waals surface area contributed by atoms with Crippen LogP contribution in [-0.2, 0) is 7.05 Å². The molecule has 1 aromatic heterocycles. The van der Waals surface area contributed by atoms with Gasteiger partial charge in [-0.1, -0.05) is 0 Å². The van der Waals surface area contributed by atoms with Crippen LogP contribution in [0.4, 0.5) is 0 Å². The van der Waals surface area contributed by atoms with Crippen molar-refractivity contribution in [2.75, 3.05) is 6.54 Å². The van der Waals surface area contributed by atoms with E-state index in [4.69, 9.17) is 5.73 Å². The van der Waals surface area contributed by atoms with Gasteiger partial charge >= 0.3 is 0 Å². The number of carbonyl (C=O) groups is 1. The van der Waals surface area contributed by atoms with Crippen molar-refractivity contribution in [1.82, 2.24) is 14.5 Å². The molecule has 2 heterocycles. The zero-order valence-electron chi connectivity index (χ0n) is 10.5. The number of hydrogen-bond acceptors (Lipinski definition) is 3. The van der Waals surface area contributed by atoms with Crippen LogP contribution in [0.3, 0.4) is 0 Å². The number of carbonyl (C=O) groups excluding carboxylic acids is 1. The highest BCUT2D eigenvalue weighted by Crippen LogP contribution is 2.20. The molecule has 2 rings (SSSR count). The van der Waals surface area contributed by atoms with Crippen LogP contribution in [0, 0.1) is 0 Å². The second-order valence-electron chi connectivity index (χ2n) is 4.78. The SMILES string of the molecule is CC(N)C1CCCCN1C(=O)c1nccn1C. The number of piperidine rings is 1. The van der Waals surface area contributed by atoms with Crippen LogP contribution in [0.1, 0.15) is 36.8 Å². The minimum atomic E-state index is -0.000463. The molecule has 94 valence electrons. The summed E-state index contributed by atoms with van der Waals surface area (Å²) in [6.07, 6.45) is 6.64. The molecule has 0 saturated carbocycles. The first-order valence-electron chi connectivity index (χ1n) is 6.15. The number of imidazole rings is 1. The Bertz CT molecular complexity index is 399. The van der Waals surface area contributed by atoms with Crippen LogP contribution in [0.2, 0.25) is 0 Å². The predicted molar refractivity (Wildman–Crippen MR) is 65.5 cm³/mol. The highest BCUT2D eigenvalue weighted by atomic mass is 16.2. The Morgan fingerprint density at radius 2 is 2.35 bits per heavy atom. The molecule has 0 aromatic carbocycles. The highest BCUT2D eigenvalue weighted by molar-refractivity contribution is 5.91. The third kappa shape index (κ3) is 2.34. The first-order chi connectivity index (χ1) is 8.11. The van der Waals surface area contributed by atoms with Crippen molar-refractivity contribution in [2.24, 2.45) is 12.8 Å². The third-order valence-corrected chi connectivity index (χ3v) is 3.43. The number of amides is 1. The van der Waals surface area contributed by atoms with Crippen molar-refractivity contribution in [1.29, 1.82) is 0 Å². The van der Waals surface area contributed by atoms with E-state index in [0.717, 1.165) is 25.8 Å². The molecular formula is C12H20N4O. The monoisotopic (exact) mass is 236 g/mol. The molecule has 0 spiro atoms. The summed E-state index contributed by atoms with van der Waals surface area (Å²) in [5, 5.41) is 0. The fourth-order valence-electron chi connectivity index (χ4n) is 2.46. The summed E-state index contributed by atoms with van der Waals surface area (Å²) < 4.78 is 1.76. The predicted octanol–water partition coefficient (Wildman–Crippen LogP) is 0.762. The Labute approximate surface area is 102 Å². The summed E-state index contributed by atoms with van der Waals surface area (Å²) in [4.78, 5) is 18.4. The van der Waals surface area contributed by atoms with E-state index in [-0.39, 0.29) is 18.0 Å². The van der Waals surface area contributed by atoms with E-state index in [2.05, 4.69) is 4.98 Å². The molecule has 0 radical (unpaired) electrons. The Morgan fingerprint density at radius 1 is 1.59 bits per heavy atom. The normalized spacial score (nSPS) is 22.5. The first kappa shape index (κ1) is 12.1. The minimum absolute atomic E-state index is 0.000463. The Hall–Kier alpha value is -1.36. The summed E-state index contributed by atoms with van der Waals surface area (Å²) in [5.74, 6) is 0.497. The maximum absolute atomic E-state index is 12.4. The average molecular weight is 236 g/mol. The van der Waals surface area contributed by atoms with Gasteiger partial charge < -0.3 is 15.2 Å². The maximum Gasteiger partial charge on any atom is 0.290 e. The number of aromatic nitrogens is 2. The fraction of sp³-hybridized carbons (Fsp3) is 0.667. The van der Waals surface area contributed by atoms with Gasteiger partial charge in [0.15, 0.2) is 5.82 Å². The van der Waals surface area contributed by atoms with Crippen molar-refractivity contribution in [3.63, 3.8) is 0 Å². The van der Waals surface area contributed by atoms with Gasteiger partial charge in [-0.05, 0) is 26.2 Å². The van der Waals surface area contributed by atoms with Crippen LogP contribution in [0.25, 0.3) is 0 Å². The number of rotatable bonds is 2. The molecule has 1 aromatic rings. The van der Waals surface area contributed by atoms with Gasteiger partial charge in [0.25, 0.3) is 5.91 Å². The third-order valence-electron chi connectivity index (χ3n) is 3.43. The smallest absolute Gasteiger partial charge is 0.290 e. The van der Waals surface area contributed by atoms with Gasteiger partial charge in [0, 0.05) is 38.1 Å². The molecule has 0 aliphatic carbocycles. The van der Waals surface area contributed by atoms with Gasteiger partial charge in [-0.3, -0.25) is 4.79 Å². The van der Waals surface area contributed by atoms with Crippen molar-refractivity contribution in [3.8, 4) is 0 Å². The number of nitrogens with zero attached hydrogens (tertiary/aromatic N) is 3. The lowest BCUT2D eigenvalue weighted by molar-refractivity contribution is 0.0567. The van der Waals surface area contributed by atoms with Crippen molar-refractivity contribution in [3.05, 3.63) is 18.2 Å². The molecule has 2 atom stereocenters. The quantitative estimate of drug-likeness (QED) is 0.824. The van der Waals surface area contributed by atoms with Crippen LogP contribution in [0.15, 0.2) is 12.4 Å².